The maximum absolute atomic E-state index is 12.2. The van der Waals surface area contributed by atoms with E-state index >= 15 is 0 Å². The Hall–Kier alpha value is -1.09. The van der Waals surface area contributed by atoms with Crippen LogP contribution in [-0.2, 0) is 10.0 Å². The van der Waals surface area contributed by atoms with Crippen LogP contribution in [0, 0.1) is 6.92 Å². The van der Waals surface area contributed by atoms with Gasteiger partial charge in [0.05, 0.1) is 5.56 Å². The van der Waals surface area contributed by atoms with Crippen LogP contribution < -0.4 is 10.5 Å². The van der Waals surface area contributed by atoms with Crippen LogP contribution in [0.2, 0.25) is 0 Å². The highest BCUT2D eigenvalue weighted by Crippen LogP contribution is 2.20. The summed E-state index contributed by atoms with van der Waals surface area (Å²) in [5.74, 6) is -0.0633. The van der Waals surface area contributed by atoms with Gasteiger partial charge in [-0.15, -0.1) is 12.4 Å². The molecule has 0 aromatic carbocycles. The second-order valence-electron chi connectivity index (χ2n) is 4.24. The number of halogens is 1. The van der Waals surface area contributed by atoms with Gasteiger partial charge < -0.3 is 15.1 Å². The van der Waals surface area contributed by atoms with E-state index in [0.717, 1.165) is 0 Å². The van der Waals surface area contributed by atoms with Crippen molar-refractivity contribution in [3.8, 4) is 0 Å². The predicted molar refractivity (Wildman–Crippen MR) is 77.5 cm³/mol. The van der Waals surface area contributed by atoms with E-state index in [9.17, 15) is 13.2 Å². The minimum Gasteiger partial charge on any atom is -0.448 e. The lowest BCUT2D eigenvalue weighted by atomic mass is 10.2. The molecule has 1 atom stereocenters. The molecule has 0 bridgehead atoms. The van der Waals surface area contributed by atoms with Gasteiger partial charge in [0.15, 0.2) is 0 Å². The Morgan fingerprint density at radius 2 is 2.10 bits per heavy atom. The normalized spacial score (nSPS) is 12.7. The average molecular weight is 326 g/mol. The van der Waals surface area contributed by atoms with Gasteiger partial charge in [-0.25, -0.2) is 13.1 Å². The third-order valence-electron chi connectivity index (χ3n) is 2.98. The number of sulfonamides is 1. The lowest BCUT2D eigenvalue weighted by Crippen LogP contribution is -2.39. The van der Waals surface area contributed by atoms with Gasteiger partial charge >= 0.3 is 0 Å². The van der Waals surface area contributed by atoms with Crippen LogP contribution >= 0.6 is 12.4 Å². The van der Waals surface area contributed by atoms with Crippen LogP contribution in [0.15, 0.2) is 15.6 Å². The summed E-state index contributed by atoms with van der Waals surface area (Å²) in [4.78, 5) is 13.6. The number of likely N-dealkylation sites (N-methyl/N-ethyl adjacent to an activating group) is 1. The number of hydrogen-bond acceptors (Lipinski definition) is 5. The largest absolute Gasteiger partial charge is 0.448 e. The summed E-state index contributed by atoms with van der Waals surface area (Å²) < 4.78 is 30.5. The van der Waals surface area contributed by atoms with Gasteiger partial charge in [-0.3, -0.25) is 4.79 Å². The molecule has 116 valence electrons. The summed E-state index contributed by atoms with van der Waals surface area (Å²) in [6, 6.07) is 1.08. The smallest absolute Gasteiger partial charge is 0.273 e. The van der Waals surface area contributed by atoms with Crippen molar-refractivity contribution in [2.24, 2.45) is 5.73 Å². The van der Waals surface area contributed by atoms with E-state index in [4.69, 9.17) is 10.2 Å². The zero-order chi connectivity index (χ0) is 14.8. The Bertz CT molecular complexity index is 570. The van der Waals surface area contributed by atoms with Crippen molar-refractivity contribution < 1.29 is 17.6 Å². The molecule has 1 amide bonds. The number of amides is 1. The lowest BCUT2D eigenvalue weighted by molar-refractivity contribution is 0.0746. The van der Waals surface area contributed by atoms with Gasteiger partial charge in [-0.05, 0) is 20.9 Å². The fourth-order valence-corrected chi connectivity index (χ4v) is 2.16. The summed E-state index contributed by atoms with van der Waals surface area (Å²) in [6.07, 6.45) is 0. The van der Waals surface area contributed by atoms with E-state index in [-0.39, 0.29) is 40.8 Å². The Balaban J connectivity index is 0.00000361. The number of rotatable bonds is 5. The second kappa shape index (κ2) is 7.07. The molecule has 0 fully saturated rings. The van der Waals surface area contributed by atoms with Gasteiger partial charge in [-0.1, -0.05) is 0 Å². The van der Waals surface area contributed by atoms with Crippen molar-refractivity contribution >= 4 is 28.3 Å². The SMILES string of the molecule is CNS(=O)(=O)c1cc(C(=O)N(C)C(C)CN)c(C)o1.Cl. The predicted octanol–water partition coefficient (Wildman–Crippen LogP) is 0.337. The molecule has 1 aromatic rings. The number of aryl methyl sites for hydroxylation is 1. The maximum atomic E-state index is 12.2. The van der Waals surface area contributed by atoms with Crippen molar-refractivity contribution in [3.63, 3.8) is 0 Å². The molecule has 1 rings (SSSR count). The molecular weight excluding hydrogens is 306 g/mol. The Morgan fingerprint density at radius 3 is 2.55 bits per heavy atom. The van der Waals surface area contributed by atoms with E-state index in [1.807, 2.05) is 0 Å². The molecule has 0 radical (unpaired) electrons. The van der Waals surface area contributed by atoms with Crippen molar-refractivity contribution in [2.75, 3.05) is 20.6 Å². The van der Waals surface area contributed by atoms with Crippen LogP contribution in [0.1, 0.15) is 23.0 Å². The minimum atomic E-state index is -3.70. The number of nitrogens with two attached hydrogens (primary N) is 1. The number of nitrogens with zero attached hydrogens (tertiary/aromatic N) is 1. The summed E-state index contributed by atoms with van der Waals surface area (Å²) in [7, 11) is -0.812. The quantitative estimate of drug-likeness (QED) is 0.812. The molecule has 0 spiro atoms. The molecule has 1 aromatic heterocycles. The minimum absolute atomic E-state index is 0. The Morgan fingerprint density at radius 1 is 1.55 bits per heavy atom. The molecule has 0 aliphatic heterocycles. The molecule has 0 aliphatic rings. The van der Waals surface area contributed by atoms with Gasteiger partial charge in [0, 0.05) is 25.7 Å². The van der Waals surface area contributed by atoms with E-state index in [2.05, 4.69) is 4.72 Å². The van der Waals surface area contributed by atoms with E-state index in [1.165, 1.54) is 18.0 Å². The first-order chi connectivity index (χ1) is 8.74. The highest BCUT2D eigenvalue weighted by Gasteiger charge is 2.25. The second-order valence-corrected chi connectivity index (χ2v) is 6.06. The Kier molecular flexibility index (Phi) is 6.69. The first-order valence-electron chi connectivity index (χ1n) is 5.75. The summed E-state index contributed by atoms with van der Waals surface area (Å²) in [6.45, 7) is 3.67. The molecule has 0 aliphatic carbocycles. The van der Waals surface area contributed by atoms with Gasteiger partial charge in [-0.2, -0.15) is 0 Å². The van der Waals surface area contributed by atoms with Crippen molar-refractivity contribution in [2.45, 2.75) is 25.0 Å². The lowest BCUT2D eigenvalue weighted by Gasteiger charge is -2.23. The molecular formula is C11H20ClN3O4S. The molecule has 20 heavy (non-hydrogen) atoms. The van der Waals surface area contributed by atoms with Crippen molar-refractivity contribution in [3.05, 3.63) is 17.4 Å². The maximum Gasteiger partial charge on any atom is 0.273 e. The summed E-state index contributed by atoms with van der Waals surface area (Å²) in [5, 5.41) is -0.273. The molecule has 1 unspecified atom stereocenters. The van der Waals surface area contributed by atoms with Gasteiger partial charge in [0.2, 0.25) is 5.09 Å². The van der Waals surface area contributed by atoms with E-state index in [0.29, 0.717) is 6.54 Å². The number of nitrogens with one attached hydrogen (secondary N) is 1. The standard InChI is InChI=1S/C11H19N3O4S.ClH/c1-7(6-12)14(4)11(15)9-5-10(18-8(9)2)19(16,17)13-3;/h5,7,13H,6,12H2,1-4H3;1H. The third kappa shape index (κ3) is 3.72. The van der Waals surface area contributed by atoms with Crippen LogP contribution in [-0.4, -0.2) is 45.9 Å². The highest BCUT2D eigenvalue weighted by atomic mass is 35.5. The number of carbonyl (C=O) groups excluding carboxylic acids is 1. The summed E-state index contributed by atoms with van der Waals surface area (Å²) >= 11 is 0. The third-order valence-corrected chi connectivity index (χ3v) is 4.25. The van der Waals surface area contributed by atoms with Gasteiger partial charge in [0.1, 0.15) is 5.76 Å². The first-order valence-corrected chi connectivity index (χ1v) is 7.24. The summed E-state index contributed by atoms with van der Waals surface area (Å²) in [5.41, 5.74) is 5.72. The van der Waals surface area contributed by atoms with Crippen LogP contribution in [0.4, 0.5) is 0 Å². The zero-order valence-electron chi connectivity index (χ0n) is 11.8. The molecule has 0 saturated heterocycles. The molecule has 1 heterocycles. The monoisotopic (exact) mass is 325 g/mol. The average Bonchev–Trinajstić information content (AvgIpc) is 2.78. The Labute approximate surface area is 125 Å². The molecule has 9 heteroatoms. The van der Waals surface area contributed by atoms with E-state index in [1.54, 1.807) is 20.9 Å². The van der Waals surface area contributed by atoms with Crippen molar-refractivity contribution in [1.82, 2.24) is 9.62 Å². The number of carbonyl (C=O) groups is 1. The fourth-order valence-electron chi connectivity index (χ4n) is 1.45. The first kappa shape index (κ1) is 18.9. The highest BCUT2D eigenvalue weighted by molar-refractivity contribution is 7.89. The molecule has 3 N–H and O–H groups in total. The number of furan rings is 1. The number of hydrogen-bond donors (Lipinski definition) is 2. The zero-order valence-corrected chi connectivity index (χ0v) is 13.5. The van der Waals surface area contributed by atoms with Crippen LogP contribution in [0.25, 0.3) is 0 Å². The van der Waals surface area contributed by atoms with E-state index < -0.39 is 10.0 Å². The van der Waals surface area contributed by atoms with Crippen LogP contribution in [0.3, 0.4) is 0 Å². The molecule has 0 saturated carbocycles. The topological polar surface area (TPSA) is 106 Å². The van der Waals surface area contributed by atoms with Gasteiger partial charge in [0.25, 0.3) is 15.9 Å². The fraction of sp³-hybridized carbons (Fsp3) is 0.545. The molecule has 7 nitrogen and oxygen atoms in total. The van der Waals surface area contributed by atoms with Crippen LogP contribution in [0.5, 0.6) is 0 Å². The van der Waals surface area contributed by atoms with Crippen molar-refractivity contribution in [1.29, 1.82) is 0 Å².